The molecule has 1 heterocycles. The van der Waals surface area contributed by atoms with E-state index in [1.54, 1.807) is 13.8 Å². The van der Waals surface area contributed by atoms with Crippen molar-refractivity contribution in [1.82, 2.24) is 9.62 Å². The zero-order valence-electron chi connectivity index (χ0n) is 15.8. The fraction of sp³-hybridized carbons (Fsp3) is 0.556. The number of carbonyl (C=O) groups is 2. The third-order valence-corrected chi connectivity index (χ3v) is 7.02. The molecule has 0 aromatic heterocycles. The third-order valence-electron chi connectivity index (χ3n) is 4.99. The Bertz CT molecular complexity index is 800. The lowest BCUT2D eigenvalue weighted by molar-refractivity contribution is -0.154. The molecule has 1 fully saturated rings. The van der Waals surface area contributed by atoms with Gasteiger partial charge in [0.1, 0.15) is 0 Å². The summed E-state index contributed by atoms with van der Waals surface area (Å²) in [7, 11) is -2.23. The van der Waals surface area contributed by atoms with Crippen molar-refractivity contribution in [1.29, 1.82) is 0 Å². The van der Waals surface area contributed by atoms with E-state index in [4.69, 9.17) is 4.74 Å². The highest BCUT2D eigenvalue weighted by atomic mass is 32.2. The van der Waals surface area contributed by atoms with Crippen molar-refractivity contribution in [2.75, 3.05) is 26.8 Å². The Morgan fingerprint density at radius 2 is 1.93 bits per heavy atom. The van der Waals surface area contributed by atoms with Crippen molar-refractivity contribution < 1.29 is 27.9 Å². The van der Waals surface area contributed by atoms with Crippen LogP contribution in [-0.4, -0.2) is 62.6 Å². The number of ether oxygens (including phenoxy) is 1. The molecule has 1 saturated heterocycles. The van der Waals surface area contributed by atoms with Gasteiger partial charge in [0, 0.05) is 38.4 Å². The Labute approximate surface area is 159 Å². The molecule has 0 bridgehead atoms. The van der Waals surface area contributed by atoms with E-state index in [1.807, 2.05) is 0 Å². The molecule has 0 aliphatic carbocycles. The highest BCUT2D eigenvalue weighted by molar-refractivity contribution is 7.89. The van der Waals surface area contributed by atoms with E-state index in [9.17, 15) is 23.1 Å². The largest absolute Gasteiger partial charge is 0.481 e. The summed E-state index contributed by atoms with van der Waals surface area (Å²) in [6.07, 6.45) is 0.631. The molecule has 2 N–H and O–H groups in total. The van der Waals surface area contributed by atoms with Crippen molar-refractivity contribution in [3.8, 4) is 0 Å². The standard InChI is InChI=1S/C18H26N2O6S/c1-13(2)20(3)27(24,25)15-6-4-5-14(11-15)16(21)19-12-18(17(22)23)7-9-26-10-8-18/h4-6,11,13H,7-10,12H2,1-3H3,(H,19,21)(H,22,23). The smallest absolute Gasteiger partial charge is 0.311 e. The number of benzene rings is 1. The third kappa shape index (κ3) is 4.66. The summed E-state index contributed by atoms with van der Waals surface area (Å²) in [6, 6.07) is 5.51. The summed E-state index contributed by atoms with van der Waals surface area (Å²) < 4.78 is 31.6. The minimum absolute atomic E-state index is 0.0189. The van der Waals surface area contributed by atoms with Crippen LogP contribution in [-0.2, 0) is 19.6 Å². The SMILES string of the molecule is CC(C)N(C)S(=O)(=O)c1cccc(C(=O)NCC2(C(=O)O)CCOCC2)c1. The molecule has 1 amide bonds. The van der Waals surface area contributed by atoms with Crippen molar-refractivity contribution in [3.63, 3.8) is 0 Å². The molecule has 0 unspecified atom stereocenters. The van der Waals surface area contributed by atoms with E-state index in [2.05, 4.69) is 5.32 Å². The van der Waals surface area contributed by atoms with Gasteiger partial charge in [0.15, 0.2) is 0 Å². The van der Waals surface area contributed by atoms with Gasteiger partial charge in [-0.3, -0.25) is 9.59 Å². The Hall–Kier alpha value is -1.97. The first-order chi connectivity index (χ1) is 12.6. The number of carboxylic acids is 1. The van der Waals surface area contributed by atoms with E-state index in [0.29, 0.717) is 26.1 Å². The Morgan fingerprint density at radius 1 is 1.30 bits per heavy atom. The lowest BCUT2D eigenvalue weighted by Crippen LogP contribution is -2.46. The van der Waals surface area contributed by atoms with Gasteiger partial charge in [-0.1, -0.05) is 6.07 Å². The van der Waals surface area contributed by atoms with Crippen LogP contribution in [0.3, 0.4) is 0 Å². The van der Waals surface area contributed by atoms with Crippen LogP contribution < -0.4 is 5.32 Å². The average Bonchev–Trinajstić information content (AvgIpc) is 2.66. The number of hydrogen-bond acceptors (Lipinski definition) is 5. The fourth-order valence-corrected chi connectivity index (χ4v) is 4.24. The molecule has 0 atom stereocenters. The maximum Gasteiger partial charge on any atom is 0.311 e. The van der Waals surface area contributed by atoms with Gasteiger partial charge in [-0.2, -0.15) is 4.31 Å². The number of nitrogens with zero attached hydrogens (tertiary/aromatic N) is 1. The minimum atomic E-state index is -3.71. The number of hydrogen-bond donors (Lipinski definition) is 2. The summed E-state index contributed by atoms with van der Waals surface area (Å²) in [5.41, 5.74) is -0.893. The Balaban J connectivity index is 2.17. The van der Waals surface area contributed by atoms with Gasteiger partial charge in [0.25, 0.3) is 5.91 Å². The maximum atomic E-state index is 12.6. The number of carboxylic acid groups (broad SMARTS) is 1. The van der Waals surface area contributed by atoms with Crippen LogP contribution in [0.1, 0.15) is 37.0 Å². The second-order valence-corrected chi connectivity index (χ2v) is 9.02. The number of aliphatic carboxylic acids is 1. The summed E-state index contributed by atoms with van der Waals surface area (Å²) >= 11 is 0. The first kappa shape index (κ1) is 21.3. The minimum Gasteiger partial charge on any atom is -0.481 e. The van der Waals surface area contributed by atoms with Crippen molar-refractivity contribution in [2.24, 2.45) is 5.41 Å². The molecule has 0 radical (unpaired) electrons. The van der Waals surface area contributed by atoms with E-state index >= 15 is 0 Å². The first-order valence-electron chi connectivity index (χ1n) is 8.77. The van der Waals surface area contributed by atoms with Crippen molar-refractivity contribution in [2.45, 2.75) is 37.6 Å². The topological polar surface area (TPSA) is 113 Å². The lowest BCUT2D eigenvalue weighted by atomic mass is 9.80. The first-order valence-corrected chi connectivity index (χ1v) is 10.2. The number of nitrogens with one attached hydrogen (secondary N) is 1. The van der Waals surface area contributed by atoms with E-state index in [0.717, 1.165) is 0 Å². The van der Waals surface area contributed by atoms with Gasteiger partial charge < -0.3 is 15.2 Å². The molecule has 1 aromatic rings. The second kappa shape index (κ2) is 8.37. The highest BCUT2D eigenvalue weighted by Gasteiger charge is 2.40. The molecule has 1 aromatic carbocycles. The Kier molecular flexibility index (Phi) is 6.61. The molecular formula is C18H26N2O6S. The molecule has 8 nitrogen and oxygen atoms in total. The summed E-state index contributed by atoms with van der Waals surface area (Å²) in [6.45, 7) is 4.14. The van der Waals surface area contributed by atoms with Crippen LogP contribution in [0.2, 0.25) is 0 Å². The van der Waals surface area contributed by atoms with Crippen molar-refractivity contribution in [3.05, 3.63) is 29.8 Å². The monoisotopic (exact) mass is 398 g/mol. The molecule has 150 valence electrons. The number of rotatable bonds is 7. The molecule has 27 heavy (non-hydrogen) atoms. The molecule has 2 rings (SSSR count). The van der Waals surface area contributed by atoms with E-state index < -0.39 is 27.3 Å². The quantitative estimate of drug-likeness (QED) is 0.716. The molecule has 1 aliphatic heterocycles. The molecular weight excluding hydrogens is 372 g/mol. The Morgan fingerprint density at radius 3 is 2.48 bits per heavy atom. The van der Waals surface area contributed by atoms with Crippen LogP contribution >= 0.6 is 0 Å². The molecule has 1 aliphatic rings. The lowest BCUT2D eigenvalue weighted by Gasteiger charge is -2.33. The van der Waals surface area contributed by atoms with Crippen molar-refractivity contribution >= 4 is 21.9 Å². The van der Waals surface area contributed by atoms with Crippen LogP contribution in [0, 0.1) is 5.41 Å². The second-order valence-electron chi connectivity index (χ2n) is 7.02. The number of amides is 1. The van der Waals surface area contributed by atoms with E-state index in [-0.39, 0.29) is 23.0 Å². The predicted octanol–water partition coefficient (Wildman–Crippen LogP) is 1.33. The van der Waals surface area contributed by atoms with Gasteiger partial charge in [0.05, 0.1) is 10.3 Å². The number of sulfonamides is 1. The van der Waals surface area contributed by atoms with Gasteiger partial charge in [-0.05, 0) is 44.9 Å². The fourth-order valence-electron chi connectivity index (χ4n) is 2.82. The molecule has 9 heteroatoms. The van der Waals surface area contributed by atoms with Gasteiger partial charge in [-0.25, -0.2) is 8.42 Å². The van der Waals surface area contributed by atoms with Gasteiger partial charge >= 0.3 is 5.97 Å². The van der Waals surface area contributed by atoms with Crippen LogP contribution in [0.25, 0.3) is 0 Å². The van der Waals surface area contributed by atoms with Crippen LogP contribution in [0.4, 0.5) is 0 Å². The highest BCUT2D eigenvalue weighted by Crippen LogP contribution is 2.30. The van der Waals surface area contributed by atoms with E-state index in [1.165, 1.54) is 35.6 Å². The van der Waals surface area contributed by atoms with Crippen LogP contribution in [0.15, 0.2) is 29.2 Å². The van der Waals surface area contributed by atoms with Gasteiger partial charge in [-0.15, -0.1) is 0 Å². The molecule has 0 saturated carbocycles. The zero-order chi connectivity index (χ0) is 20.2. The molecule has 0 spiro atoms. The number of carbonyl (C=O) groups excluding carboxylic acids is 1. The maximum absolute atomic E-state index is 12.6. The normalized spacial score (nSPS) is 17.1. The predicted molar refractivity (Wildman–Crippen MR) is 99.0 cm³/mol. The van der Waals surface area contributed by atoms with Crippen LogP contribution in [0.5, 0.6) is 0 Å². The summed E-state index contributed by atoms with van der Waals surface area (Å²) in [4.78, 5) is 24.2. The zero-order valence-corrected chi connectivity index (χ0v) is 16.6. The average molecular weight is 398 g/mol. The summed E-state index contributed by atoms with van der Waals surface area (Å²) in [5.74, 6) is -1.48. The summed E-state index contributed by atoms with van der Waals surface area (Å²) in [5, 5.41) is 12.2. The van der Waals surface area contributed by atoms with Gasteiger partial charge in [0.2, 0.25) is 10.0 Å².